The van der Waals surface area contributed by atoms with Crippen molar-refractivity contribution in [2.45, 2.75) is 13.8 Å². The van der Waals surface area contributed by atoms with Crippen molar-refractivity contribution in [3.63, 3.8) is 0 Å². The van der Waals surface area contributed by atoms with Gasteiger partial charge < -0.3 is 18.9 Å². The number of carbonyl (C=O) groups is 2. The zero-order chi connectivity index (χ0) is 24.8. The van der Waals surface area contributed by atoms with E-state index >= 15 is 0 Å². The molecule has 34 heavy (non-hydrogen) atoms. The normalized spacial score (nSPS) is 10.5. The number of hydrogen-bond acceptors (Lipinski definition) is 8. The fourth-order valence-corrected chi connectivity index (χ4v) is 4.11. The van der Waals surface area contributed by atoms with Crippen LogP contribution in [0, 0.1) is 0 Å². The summed E-state index contributed by atoms with van der Waals surface area (Å²) in [5.41, 5.74) is 2.11. The maximum Gasteiger partial charge on any atom is 0.342 e. The highest BCUT2D eigenvalue weighted by Gasteiger charge is 2.18. The number of carbonyl (C=O) groups excluding carboxylic acids is 2. The molecule has 0 saturated heterocycles. The summed E-state index contributed by atoms with van der Waals surface area (Å²) < 4.78 is 25.0. The molecule has 0 aromatic carbocycles. The molecule has 12 heteroatoms. The molecule has 0 bridgehead atoms. The van der Waals surface area contributed by atoms with E-state index in [1.165, 1.54) is 12.4 Å². The predicted molar refractivity (Wildman–Crippen MR) is 131 cm³/mol. The fraction of sp³-hybridized carbons (Fsp3) is 0.273. The average molecular weight is 598 g/mol. The second kappa shape index (κ2) is 11.3. The number of nitrogens with zero attached hydrogens (tertiary/aromatic N) is 4. The number of aromatic nitrogens is 4. The van der Waals surface area contributed by atoms with Gasteiger partial charge in [-0.05, 0) is 57.8 Å². The van der Waals surface area contributed by atoms with Gasteiger partial charge in [-0.25, -0.2) is 18.6 Å². The minimum Gasteiger partial charge on any atom is -0.495 e. The summed E-state index contributed by atoms with van der Waals surface area (Å²) in [5.74, 6) is 0.444. The zero-order valence-electron chi connectivity index (χ0n) is 18.9. The van der Waals surface area contributed by atoms with Gasteiger partial charge in [-0.15, -0.1) is 0 Å². The molecule has 0 amide bonds. The second-order valence-electron chi connectivity index (χ2n) is 6.60. The third-order valence-corrected chi connectivity index (χ3v) is 5.57. The molecule has 180 valence electrons. The van der Waals surface area contributed by atoms with Gasteiger partial charge in [0.2, 0.25) is 0 Å². The molecule has 4 rings (SSSR count). The Morgan fingerprint density at radius 1 is 0.853 bits per heavy atom. The molecule has 0 N–H and O–H groups in total. The number of ether oxygens (including phenoxy) is 4. The number of hydrogen-bond donors (Lipinski definition) is 0. The Hall–Kier alpha value is -3.12. The van der Waals surface area contributed by atoms with Crippen LogP contribution in [0.15, 0.2) is 45.9 Å². The van der Waals surface area contributed by atoms with Gasteiger partial charge >= 0.3 is 11.9 Å². The Morgan fingerprint density at radius 2 is 1.41 bits per heavy atom. The Labute approximate surface area is 212 Å². The molecule has 0 fully saturated rings. The summed E-state index contributed by atoms with van der Waals surface area (Å²) in [4.78, 5) is 23.4. The lowest BCUT2D eigenvalue weighted by molar-refractivity contribution is 0.0519. The van der Waals surface area contributed by atoms with Crippen LogP contribution in [0.2, 0.25) is 0 Å². The number of rotatable bonds is 6. The summed E-state index contributed by atoms with van der Waals surface area (Å²) in [6, 6.07) is 3.56. The van der Waals surface area contributed by atoms with Crippen LogP contribution in [0.25, 0.3) is 11.0 Å². The molecule has 10 nitrogen and oxygen atoms in total. The van der Waals surface area contributed by atoms with Gasteiger partial charge in [0.25, 0.3) is 0 Å². The summed E-state index contributed by atoms with van der Waals surface area (Å²) in [6.07, 6.45) is 6.41. The summed E-state index contributed by atoms with van der Waals surface area (Å²) >= 11 is 6.73. The first kappa shape index (κ1) is 25.5. The van der Waals surface area contributed by atoms with E-state index < -0.39 is 5.97 Å². The first-order chi connectivity index (χ1) is 16.3. The van der Waals surface area contributed by atoms with Crippen molar-refractivity contribution in [1.82, 2.24) is 19.2 Å². The SMILES string of the molecule is CCOC(=O)c1cnn2cc(Br)cc(OC)c12.CCOC(=O)c1cnn2cc(OC)cc(Br)c12. The quantitative estimate of drug-likeness (QED) is 0.298. The molecule has 0 radical (unpaired) electrons. The number of fused-ring (bicyclic) bond motifs is 2. The molecule has 0 aliphatic carbocycles. The molecule has 0 atom stereocenters. The smallest absolute Gasteiger partial charge is 0.342 e. The van der Waals surface area contributed by atoms with Crippen molar-refractivity contribution in [3.8, 4) is 11.5 Å². The van der Waals surface area contributed by atoms with Gasteiger partial charge in [0.15, 0.2) is 0 Å². The van der Waals surface area contributed by atoms with Gasteiger partial charge in [0.1, 0.15) is 28.1 Å². The van der Waals surface area contributed by atoms with Crippen molar-refractivity contribution in [3.05, 3.63) is 57.0 Å². The van der Waals surface area contributed by atoms with Crippen LogP contribution < -0.4 is 9.47 Å². The number of methoxy groups -OCH3 is 2. The largest absolute Gasteiger partial charge is 0.495 e. The standard InChI is InChI=1S/2C11H11BrN2O3/c1-3-17-11(15)8-5-13-14-6-7(16-2)4-9(12)10(8)14;1-3-17-11(15)8-5-13-14-6-7(12)4-9(16-2)10(8)14/h2*4-6H,3H2,1-2H3. The Bertz CT molecular complexity index is 1330. The molecule has 0 spiro atoms. The average Bonchev–Trinajstić information content (AvgIpc) is 3.44. The molecule has 4 aromatic heterocycles. The summed E-state index contributed by atoms with van der Waals surface area (Å²) in [5, 5.41) is 8.19. The predicted octanol–water partition coefficient (Wildman–Crippen LogP) is 4.56. The van der Waals surface area contributed by atoms with Crippen LogP contribution in [0.3, 0.4) is 0 Å². The van der Waals surface area contributed by atoms with E-state index in [4.69, 9.17) is 18.9 Å². The number of esters is 2. The molecule has 0 aliphatic rings. The van der Waals surface area contributed by atoms with E-state index in [-0.39, 0.29) is 5.97 Å². The number of pyridine rings is 2. The lowest BCUT2D eigenvalue weighted by atomic mass is 10.2. The van der Waals surface area contributed by atoms with Crippen molar-refractivity contribution in [2.24, 2.45) is 0 Å². The highest BCUT2D eigenvalue weighted by atomic mass is 79.9. The lowest BCUT2D eigenvalue weighted by Crippen LogP contribution is -2.04. The van der Waals surface area contributed by atoms with E-state index in [0.29, 0.717) is 46.9 Å². The Kier molecular flexibility index (Phi) is 8.51. The van der Waals surface area contributed by atoms with Crippen LogP contribution in [-0.2, 0) is 9.47 Å². The van der Waals surface area contributed by atoms with Gasteiger partial charge in [-0.3, -0.25) is 0 Å². The number of halogens is 2. The van der Waals surface area contributed by atoms with Crippen molar-refractivity contribution < 1.29 is 28.5 Å². The molecule has 0 saturated carbocycles. The van der Waals surface area contributed by atoms with Crippen molar-refractivity contribution >= 4 is 54.8 Å². The van der Waals surface area contributed by atoms with Crippen LogP contribution >= 0.6 is 31.9 Å². The molecule has 4 aromatic rings. The molecular weight excluding hydrogens is 576 g/mol. The van der Waals surface area contributed by atoms with E-state index in [1.807, 2.05) is 0 Å². The van der Waals surface area contributed by atoms with E-state index in [9.17, 15) is 9.59 Å². The minimum atomic E-state index is -0.400. The monoisotopic (exact) mass is 596 g/mol. The third-order valence-electron chi connectivity index (χ3n) is 4.53. The fourth-order valence-electron chi connectivity index (χ4n) is 3.09. The Balaban J connectivity index is 0.000000191. The van der Waals surface area contributed by atoms with E-state index in [1.54, 1.807) is 61.6 Å². The molecular formula is C22H22Br2N4O6. The highest BCUT2D eigenvalue weighted by molar-refractivity contribution is 9.11. The summed E-state index contributed by atoms with van der Waals surface area (Å²) in [6.45, 7) is 4.19. The minimum absolute atomic E-state index is 0.328. The van der Waals surface area contributed by atoms with Gasteiger partial charge in [0.05, 0.1) is 51.5 Å². The molecule has 0 unspecified atom stereocenters. The second-order valence-corrected chi connectivity index (χ2v) is 8.37. The maximum atomic E-state index is 11.7. The highest BCUT2D eigenvalue weighted by Crippen LogP contribution is 2.28. The maximum absolute atomic E-state index is 11.7. The van der Waals surface area contributed by atoms with Crippen LogP contribution in [0.4, 0.5) is 0 Å². The van der Waals surface area contributed by atoms with Gasteiger partial charge in [-0.1, -0.05) is 0 Å². The summed E-state index contributed by atoms with van der Waals surface area (Å²) in [7, 11) is 3.12. The van der Waals surface area contributed by atoms with Crippen molar-refractivity contribution in [1.29, 1.82) is 0 Å². The molecule has 4 heterocycles. The lowest BCUT2D eigenvalue weighted by Gasteiger charge is -2.05. The van der Waals surface area contributed by atoms with Crippen LogP contribution in [0.1, 0.15) is 34.6 Å². The third kappa shape index (κ3) is 5.33. The topological polar surface area (TPSA) is 106 Å². The Morgan fingerprint density at radius 3 is 1.94 bits per heavy atom. The van der Waals surface area contributed by atoms with Crippen molar-refractivity contribution in [2.75, 3.05) is 27.4 Å². The first-order valence-electron chi connectivity index (χ1n) is 10.1. The van der Waals surface area contributed by atoms with Gasteiger partial charge in [0, 0.05) is 15.1 Å². The molecule has 0 aliphatic heterocycles. The first-order valence-corrected chi connectivity index (χ1v) is 11.7. The van der Waals surface area contributed by atoms with Crippen LogP contribution in [0.5, 0.6) is 11.5 Å². The van der Waals surface area contributed by atoms with E-state index in [2.05, 4.69) is 42.1 Å². The zero-order valence-corrected chi connectivity index (χ0v) is 22.0. The van der Waals surface area contributed by atoms with Gasteiger partial charge in [-0.2, -0.15) is 10.2 Å². The van der Waals surface area contributed by atoms with Crippen LogP contribution in [-0.4, -0.2) is 58.6 Å². The van der Waals surface area contributed by atoms with E-state index in [0.717, 1.165) is 8.95 Å².